The Labute approximate surface area is 169 Å². The van der Waals surface area contributed by atoms with E-state index < -0.39 is 10.0 Å². The zero-order valence-electron chi connectivity index (χ0n) is 18.8. The molecule has 6 heteroatoms. The summed E-state index contributed by atoms with van der Waals surface area (Å²) in [5.41, 5.74) is 0. The van der Waals surface area contributed by atoms with E-state index >= 15 is 0 Å². The summed E-state index contributed by atoms with van der Waals surface area (Å²) in [7, 11) is -3.27. The summed E-state index contributed by atoms with van der Waals surface area (Å²) >= 11 is 0. The van der Waals surface area contributed by atoms with Gasteiger partial charge in [0.1, 0.15) is 0 Å². The second-order valence-corrected chi connectivity index (χ2v) is 9.91. The van der Waals surface area contributed by atoms with Crippen LogP contribution in [0.2, 0.25) is 0 Å². The molecule has 0 bridgehead atoms. The molecular weight excluding hydrogens is 360 g/mol. The van der Waals surface area contributed by atoms with E-state index in [1.165, 1.54) is 0 Å². The average molecular weight is 407 g/mol. The van der Waals surface area contributed by atoms with Crippen molar-refractivity contribution in [3.8, 4) is 0 Å². The number of unbranched alkanes of at least 4 members (excludes halogenated alkanes) is 3. The molecule has 0 rings (SSSR count). The number of rotatable bonds is 18. The highest BCUT2D eigenvalue weighted by Crippen LogP contribution is 2.19. The first-order valence-corrected chi connectivity index (χ1v) is 12.6. The molecule has 0 aliphatic rings. The Morgan fingerprint density at radius 1 is 0.926 bits per heavy atom. The fourth-order valence-electron chi connectivity index (χ4n) is 3.26. The third-order valence-corrected chi connectivity index (χ3v) is 7.43. The summed E-state index contributed by atoms with van der Waals surface area (Å²) in [5, 5.41) is -0.342. The summed E-state index contributed by atoms with van der Waals surface area (Å²) in [4.78, 5) is 2.41. The van der Waals surface area contributed by atoms with Crippen LogP contribution in [0.4, 0.5) is 0 Å². The zero-order chi connectivity index (χ0) is 20.7. The van der Waals surface area contributed by atoms with Gasteiger partial charge in [0.25, 0.3) is 0 Å². The first kappa shape index (κ1) is 26.8. The van der Waals surface area contributed by atoms with Crippen LogP contribution in [0.3, 0.4) is 0 Å². The first-order valence-electron chi connectivity index (χ1n) is 11.1. The molecule has 164 valence electrons. The van der Waals surface area contributed by atoms with Crippen LogP contribution in [-0.2, 0) is 14.8 Å². The summed E-state index contributed by atoms with van der Waals surface area (Å²) in [6.07, 6.45) is 6.84. The van der Waals surface area contributed by atoms with Crippen LogP contribution >= 0.6 is 0 Å². The lowest BCUT2D eigenvalue weighted by Crippen LogP contribution is -2.38. The third-order valence-electron chi connectivity index (χ3n) is 5.25. The van der Waals surface area contributed by atoms with E-state index in [1.807, 2.05) is 20.8 Å². The quantitative estimate of drug-likeness (QED) is 0.342. The van der Waals surface area contributed by atoms with E-state index in [2.05, 4.69) is 30.4 Å². The maximum atomic E-state index is 12.7. The lowest BCUT2D eigenvalue weighted by Gasteiger charge is -2.23. The highest BCUT2D eigenvalue weighted by atomic mass is 32.2. The molecule has 0 amide bonds. The molecule has 1 N–H and O–H groups in total. The van der Waals surface area contributed by atoms with E-state index in [-0.39, 0.29) is 17.3 Å². The molecule has 0 spiro atoms. The molecule has 0 aromatic rings. The molecule has 5 nitrogen and oxygen atoms in total. The number of sulfonamides is 1. The molecular formula is C21H46N2O3S. The maximum absolute atomic E-state index is 12.7. The maximum Gasteiger partial charge on any atom is 0.214 e. The number of ether oxygens (including phenoxy) is 1. The lowest BCUT2D eigenvalue weighted by atomic mass is 10.0. The molecule has 0 radical (unpaired) electrons. The van der Waals surface area contributed by atoms with Gasteiger partial charge in [-0.15, -0.1) is 0 Å². The molecule has 0 aromatic heterocycles. The Balaban J connectivity index is 4.24. The van der Waals surface area contributed by atoms with Crippen LogP contribution in [0.5, 0.6) is 0 Å². The average Bonchev–Trinajstić information content (AvgIpc) is 2.61. The Morgan fingerprint density at radius 3 is 2.15 bits per heavy atom. The SMILES string of the molecule is CCCCOC(C)CCC(C(C)C)S(=O)(=O)NCCCCCN(CC)CC. The smallest absolute Gasteiger partial charge is 0.214 e. The van der Waals surface area contributed by atoms with Gasteiger partial charge in [0.2, 0.25) is 10.0 Å². The Bertz CT molecular complexity index is 437. The molecule has 0 fully saturated rings. The largest absolute Gasteiger partial charge is 0.379 e. The van der Waals surface area contributed by atoms with Crippen molar-refractivity contribution in [1.82, 2.24) is 9.62 Å². The lowest BCUT2D eigenvalue weighted by molar-refractivity contribution is 0.0563. The third kappa shape index (κ3) is 12.8. The monoisotopic (exact) mass is 406 g/mol. The van der Waals surface area contributed by atoms with Crippen LogP contribution in [0.1, 0.15) is 86.5 Å². The van der Waals surface area contributed by atoms with E-state index in [4.69, 9.17) is 4.74 Å². The van der Waals surface area contributed by atoms with Gasteiger partial charge in [-0.2, -0.15) is 0 Å². The molecule has 27 heavy (non-hydrogen) atoms. The minimum absolute atomic E-state index is 0.105. The predicted molar refractivity (Wildman–Crippen MR) is 117 cm³/mol. The minimum Gasteiger partial charge on any atom is -0.379 e. The summed E-state index contributed by atoms with van der Waals surface area (Å²) in [5.74, 6) is 0.105. The highest BCUT2D eigenvalue weighted by molar-refractivity contribution is 7.90. The van der Waals surface area contributed by atoms with Crippen LogP contribution in [0.15, 0.2) is 0 Å². The van der Waals surface area contributed by atoms with Crippen LogP contribution in [-0.4, -0.2) is 57.5 Å². The summed E-state index contributed by atoms with van der Waals surface area (Å²) in [6.45, 7) is 17.1. The standard InChI is InChI=1S/C21H46N2O3S/c1-7-10-18-26-20(6)14-15-21(19(4)5)27(24,25)22-16-12-11-13-17-23(8-2)9-3/h19-22H,7-18H2,1-6H3. The molecule has 0 heterocycles. The summed E-state index contributed by atoms with van der Waals surface area (Å²) < 4.78 is 34.1. The van der Waals surface area contributed by atoms with Crippen molar-refractivity contribution in [3.63, 3.8) is 0 Å². The predicted octanol–water partition coefficient (Wildman–Crippen LogP) is 4.43. The van der Waals surface area contributed by atoms with Crippen molar-refractivity contribution in [1.29, 1.82) is 0 Å². The van der Waals surface area contributed by atoms with Gasteiger partial charge in [0.05, 0.1) is 11.4 Å². The van der Waals surface area contributed by atoms with Crippen molar-refractivity contribution in [2.75, 3.05) is 32.8 Å². The molecule has 0 aliphatic heterocycles. The van der Waals surface area contributed by atoms with Crippen LogP contribution in [0, 0.1) is 5.92 Å². The normalized spacial score (nSPS) is 14.8. The number of nitrogens with one attached hydrogen (secondary N) is 1. The number of nitrogens with zero attached hydrogens (tertiary/aromatic N) is 1. The van der Waals surface area contributed by atoms with E-state index in [0.29, 0.717) is 13.0 Å². The van der Waals surface area contributed by atoms with Gasteiger partial charge >= 0.3 is 0 Å². The molecule has 0 saturated heterocycles. The second-order valence-electron chi connectivity index (χ2n) is 7.92. The molecule has 0 saturated carbocycles. The van der Waals surface area contributed by atoms with Gasteiger partial charge in [-0.1, -0.05) is 47.5 Å². The highest BCUT2D eigenvalue weighted by Gasteiger charge is 2.28. The minimum atomic E-state index is -3.27. The van der Waals surface area contributed by atoms with E-state index in [9.17, 15) is 8.42 Å². The number of hydrogen-bond donors (Lipinski definition) is 1. The van der Waals surface area contributed by atoms with Gasteiger partial charge in [0.15, 0.2) is 0 Å². The van der Waals surface area contributed by atoms with Gasteiger partial charge in [-0.05, 0) is 64.6 Å². The molecule has 0 aromatic carbocycles. The van der Waals surface area contributed by atoms with Gasteiger partial charge in [0, 0.05) is 13.2 Å². The van der Waals surface area contributed by atoms with Gasteiger partial charge in [-0.25, -0.2) is 13.1 Å². The summed E-state index contributed by atoms with van der Waals surface area (Å²) in [6, 6.07) is 0. The van der Waals surface area contributed by atoms with E-state index in [1.54, 1.807) is 0 Å². The van der Waals surface area contributed by atoms with Crippen molar-refractivity contribution in [2.45, 2.75) is 97.8 Å². The van der Waals surface area contributed by atoms with Crippen LogP contribution in [0.25, 0.3) is 0 Å². The Morgan fingerprint density at radius 2 is 1.59 bits per heavy atom. The molecule has 2 unspecified atom stereocenters. The topological polar surface area (TPSA) is 58.6 Å². The zero-order valence-corrected chi connectivity index (χ0v) is 19.6. The fourth-order valence-corrected chi connectivity index (χ4v) is 5.06. The van der Waals surface area contributed by atoms with Crippen molar-refractivity contribution >= 4 is 10.0 Å². The van der Waals surface area contributed by atoms with Gasteiger partial charge in [-0.3, -0.25) is 0 Å². The Kier molecular flexibility index (Phi) is 15.6. The second kappa shape index (κ2) is 15.7. The molecule has 2 atom stereocenters. The van der Waals surface area contributed by atoms with Crippen molar-refractivity contribution in [3.05, 3.63) is 0 Å². The molecule has 0 aliphatic carbocycles. The van der Waals surface area contributed by atoms with Gasteiger partial charge < -0.3 is 9.64 Å². The first-order chi connectivity index (χ1) is 12.8. The van der Waals surface area contributed by atoms with Crippen molar-refractivity contribution in [2.24, 2.45) is 5.92 Å². The Hall–Kier alpha value is -0.170. The van der Waals surface area contributed by atoms with E-state index in [0.717, 1.165) is 64.8 Å². The van der Waals surface area contributed by atoms with Crippen molar-refractivity contribution < 1.29 is 13.2 Å². The fraction of sp³-hybridized carbons (Fsp3) is 1.00. The van der Waals surface area contributed by atoms with Crippen LogP contribution < -0.4 is 4.72 Å². The number of hydrogen-bond acceptors (Lipinski definition) is 4.